The van der Waals surface area contributed by atoms with E-state index < -0.39 is 5.97 Å². The fourth-order valence-corrected chi connectivity index (χ4v) is 3.19. The zero-order chi connectivity index (χ0) is 21.6. The highest BCUT2D eigenvalue weighted by atomic mass is 16.5. The molecule has 1 amide bonds. The maximum absolute atomic E-state index is 12.5. The number of aromatic nitrogens is 2. The monoisotopic (exact) mass is 411 g/mol. The summed E-state index contributed by atoms with van der Waals surface area (Å²) >= 11 is 0. The van der Waals surface area contributed by atoms with Gasteiger partial charge in [-0.2, -0.15) is 5.10 Å². The second-order valence-electron chi connectivity index (χ2n) is 6.98. The minimum atomic E-state index is -0.444. The van der Waals surface area contributed by atoms with Gasteiger partial charge < -0.3 is 10.1 Å². The summed E-state index contributed by atoms with van der Waals surface area (Å²) in [6, 6.07) is 26.2. The number of para-hydroxylation sites is 1. The number of anilines is 1. The van der Waals surface area contributed by atoms with Crippen molar-refractivity contribution in [1.82, 2.24) is 9.78 Å². The highest BCUT2D eigenvalue weighted by Crippen LogP contribution is 2.24. The van der Waals surface area contributed by atoms with E-state index >= 15 is 0 Å². The van der Waals surface area contributed by atoms with Crippen molar-refractivity contribution in [3.63, 3.8) is 0 Å². The van der Waals surface area contributed by atoms with E-state index in [4.69, 9.17) is 9.84 Å². The maximum atomic E-state index is 12.5. The van der Waals surface area contributed by atoms with Crippen LogP contribution >= 0.6 is 0 Å². The van der Waals surface area contributed by atoms with E-state index in [1.807, 2.05) is 66.9 Å². The third-order valence-corrected chi connectivity index (χ3v) is 4.66. The van der Waals surface area contributed by atoms with Crippen LogP contribution in [0.25, 0.3) is 16.9 Å². The number of esters is 1. The summed E-state index contributed by atoms with van der Waals surface area (Å²) < 4.78 is 7.35. The number of nitrogens with one attached hydrogen (secondary N) is 1. The third kappa shape index (κ3) is 4.87. The molecule has 0 fully saturated rings. The predicted molar refractivity (Wildman–Crippen MR) is 119 cm³/mol. The van der Waals surface area contributed by atoms with Crippen LogP contribution in [0.4, 0.5) is 5.69 Å². The van der Waals surface area contributed by atoms with Gasteiger partial charge in [0.05, 0.1) is 16.9 Å². The summed E-state index contributed by atoms with van der Waals surface area (Å²) in [5.41, 5.74) is 4.47. The lowest BCUT2D eigenvalue weighted by Gasteiger charge is -2.07. The van der Waals surface area contributed by atoms with Crippen molar-refractivity contribution in [3.8, 4) is 16.9 Å². The first kappa shape index (κ1) is 20.1. The Hall–Kier alpha value is -4.19. The van der Waals surface area contributed by atoms with Gasteiger partial charge in [0.25, 0.3) is 0 Å². The quantitative estimate of drug-likeness (QED) is 0.460. The third-order valence-electron chi connectivity index (χ3n) is 4.66. The molecular formula is C25H21N3O3. The molecule has 0 aliphatic carbocycles. The van der Waals surface area contributed by atoms with E-state index in [0.717, 1.165) is 22.5 Å². The lowest BCUT2D eigenvalue weighted by molar-refractivity contribution is -0.114. The number of nitrogens with zero attached hydrogens (tertiary/aromatic N) is 2. The molecule has 1 aromatic heterocycles. The first-order valence-electron chi connectivity index (χ1n) is 9.84. The normalized spacial score (nSPS) is 10.5. The largest absolute Gasteiger partial charge is 0.457 e. The Morgan fingerprint density at radius 1 is 0.903 bits per heavy atom. The number of ether oxygens (including phenoxy) is 1. The molecule has 154 valence electrons. The summed E-state index contributed by atoms with van der Waals surface area (Å²) in [6.45, 7) is 1.52. The molecule has 1 heterocycles. The fourth-order valence-electron chi connectivity index (χ4n) is 3.19. The van der Waals surface area contributed by atoms with Gasteiger partial charge in [0.15, 0.2) is 0 Å². The molecule has 0 unspecified atom stereocenters. The molecule has 0 saturated heterocycles. The van der Waals surface area contributed by atoms with E-state index in [1.54, 1.807) is 28.9 Å². The highest BCUT2D eigenvalue weighted by molar-refractivity contribution is 5.92. The molecule has 0 bridgehead atoms. The minimum Gasteiger partial charge on any atom is -0.457 e. The molecule has 3 aromatic carbocycles. The van der Waals surface area contributed by atoms with Gasteiger partial charge in [-0.3, -0.25) is 4.79 Å². The number of hydrogen-bond acceptors (Lipinski definition) is 4. The fraction of sp³-hybridized carbons (Fsp3) is 0.0800. The minimum absolute atomic E-state index is 0.0866. The molecule has 0 aliphatic rings. The first-order valence-corrected chi connectivity index (χ1v) is 9.84. The molecule has 4 aromatic rings. The van der Waals surface area contributed by atoms with Crippen molar-refractivity contribution in [3.05, 3.63) is 102 Å². The molecule has 6 nitrogen and oxygen atoms in total. The van der Waals surface area contributed by atoms with E-state index in [1.165, 1.54) is 6.92 Å². The molecule has 0 radical (unpaired) electrons. The van der Waals surface area contributed by atoms with Crippen molar-refractivity contribution in [2.45, 2.75) is 13.5 Å². The molecular weight excluding hydrogens is 390 g/mol. The van der Waals surface area contributed by atoms with Crippen molar-refractivity contribution >= 4 is 17.6 Å². The van der Waals surface area contributed by atoms with Crippen LogP contribution in [0.5, 0.6) is 0 Å². The average molecular weight is 411 g/mol. The topological polar surface area (TPSA) is 73.2 Å². The Morgan fingerprint density at radius 2 is 1.55 bits per heavy atom. The van der Waals surface area contributed by atoms with E-state index in [0.29, 0.717) is 11.3 Å². The first-order chi connectivity index (χ1) is 15.1. The van der Waals surface area contributed by atoms with Crippen molar-refractivity contribution in [2.24, 2.45) is 0 Å². The van der Waals surface area contributed by atoms with Crippen LogP contribution in [0.15, 0.2) is 91.1 Å². The number of amides is 1. The molecule has 31 heavy (non-hydrogen) atoms. The molecule has 0 aliphatic heterocycles. The van der Waals surface area contributed by atoms with Crippen molar-refractivity contribution in [2.75, 3.05) is 5.32 Å². The van der Waals surface area contributed by atoms with Gasteiger partial charge >= 0.3 is 5.97 Å². The SMILES string of the molecule is CC(=O)Nc1ccc(C(=O)OCc2cn(-c3ccccc3)nc2-c2ccccc2)cc1. The number of benzene rings is 3. The molecule has 0 atom stereocenters. The maximum Gasteiger partial charge on any atom is 0.338 e. The predicted octanol–water partition coefficient (Wildman–Crippen LogP) is 4.85. The zero-order valence-corrected chi connectivity index (χ0v) is 17.0. The summed E-state index contributed by atoms with van der Waals surface area (Å²) in [4.78, 5) is 23.7. The van der Waals surface area contributed by atoms with E-state index in [-0.39, 0.29) is 12.5 Å². The summed E-state index contributed by atoms with van der Waals surface area (Å²) in [5, 5.41) is 7.40. The summed E-state index contributed by atoms with van der Waals surface area (Å²) in [5.74, 6) is -0.611. The Kier molecular flexibility index (Phi) is 5.89. The Morgan fingerprint density at radius 3 is 2.19 bits per heavy atom. The lowest BCUT2D eigenvalue weighted by Crippen LogP contribution is -2.08. The van der Waals surface area contributed by atoms with Gasteiger partial charge in [0.2, 0.25) is 5.91 Å². The zero-order valence-electron chi connectivity index (χ0n) is 17.0. The number of carbonyl (C=O) groups is 2. The number of rotatable bonds is 6. The molecule has 4 rings (SSSR count). The molecule has 0 saturated carbocycles. The van der Waals surface area contributed by atoms with Crippen LogP contribution in [0.2, 0.25) is 0 Å². The van der Waals surface area contributed by atoms with Gasteiger partial charge in [0.1, 0.15) is 6.61 Å². The van der Waals surface area contributed by atoms with Gasteiger partial charge in [-0.15, -0.1) is 0 Å². The molecule has 6 heteroatoms. The summed E-state index contributed by atoms with van der Waals surface area (Å²) in [6.07, 6.45) is 1.88. The number of hydrogen-bond donors (Lipinski definition) is 1. The second-order valence-corrected chi connectivity index (χ2v) is 6.98. The van der Waals surface area contributed by atoms with Gasteiger partial charge in [-0.05, 0) is 36.4 Å². The van der Waals surface area contributed by atoms with E-state index in [2.05, 4.69) is 5.32 Å². The molecule has 0 spiro atoms. The van der Waals surface area contributed by atoms with Crippen LogP contribution in [-0.4, -0.2) is 21.7 Å². The molecule has 1 N–H and O–H groups in total. The Bertz CT molecular complexity index is 1180. The van der Waals surface area contributed by atoms with Crippen LogP contribution in [0.1, 0.15) is 22.8 Å². The smallest absolute Gasteiger partial charge is 0.338 e. The van der Waals surface area contributed by atoms with Crippen LogP contribution in [0, 0.1) is 0 Å². The van der Waals surface area contributed by atoms with Crippen LogP contribution in [0.3, 0.4) is 0 Å². The van der Waals surface area contributed by atoms with E-state index in [9.17, 15) is 9.59 Å². The standard InChI is InChI=1S/C25H21N3O3/c1-18(29)26-22-14-12-20(13-15-22)25(30)31-17-21-16-28(23-10-6-3-7-11-23)27-24(21)19-8-4-2-5-9-19/h2-16H,17H2,1H3,(H,26,29). The van der Waals surface area contributed by atoms with Gasteiger partial charge in [0, 0.05) is 29.9 Å². The van der Waals surface area contributed by atoms with Crippen LogP contribution in [-0.2, 0) is 16.1 Å². The lowest BCUT2D eigenvalue weighted by atomic mass is 10.1. The second kappa shape index (κ2) is 9.09. The van der Waals surface area contributed by atoms with Gasteiger partial charge in [-0.1, -0.05) is 48.5 Å². The Balaban J connectivity index is 1.55. The van der Waals surface area contributed by atoms with Crippen LogP contribution < -0.4 is 5.32 Å². The summed E-state index contributed by atoms with van der Waals surface area (Å²) in [7, 11) is 0. The average Bonchev–Trinajstić information content (AvgIpc) is 3.23. The highest BCUT2D eigenvalue weighted by Gasteiger charge is 2.15. The van der Waals surface area contributed by atoms with Gasteiger partial charge in [-0.25, -0.2) is 9.48 Å². The number of carbonyl (C=O) groups excluding carboxylic acids is 2. The van der Waals surface area contributed by atoms with Crippen molar-refractivity contribution < 1.29 is 14.3 Å². The Labute approximate surface area is 180 Å². The van der Waals surface area contributed by atoms with Crippen molar-refractivity contribution in [1.29, 1.82) is 0 Å².